The Bertz CT molecular complexity index is 520. The molecule has 2 heterocycles. The van der Waals surface area contributed by atoms with Gasteiger partial charge < -0.3 is 4.90 Å². The van der Waals surface area contributed by atoms with E-state index in [0.717, 1.165) is 19.5 Å². The zero-order valence-corrected chi connectivity index (χ0v) is 13.0. The van der Waals surface area contributed by atoms with Gasteiger partial charge in [0.1, 0.15) is 10.3 Å². The lowest BCUT2D eigenvalue weighted by atomic mass is 10.1. The molecule has 1 aliphatic rings. The van der Waals surface area contributed by atoms with Crippen LogP contribution >= 0.6 is 15.9 Å². The maximum atomic E-state index is 12.3. The minimum atomic E-state index is -0.0454. The first-order chi connectivity index (χ1) is 9.65. The predicted molar refractivity (Wildman–Crippen MR) is 79.1 cm³/mol. The molecule has 1 fully saturated rings. The van der Waals surface area contributed by atoms with E-state index in [1.165, 1.54) is 0 Å². The van der Waals surface area contributed by atoms with Crippen LogP contribution in [0, 0.1) is 11.3 Å². The summed E-state index contributed by atoms with van der Waals surface area (Å²) in [4.78, 5) is 20.5. The molecule has 1 amide bonds. The molecule has 1 atom stereocenters. The van der Waals surface area contributed by atoms with Crippen LogP contribution in [0.3, 0.4) is 0 Å². The average Bonchev–Trinajstić information content (AvgIpc) is 2.48. The first-order valence-corrected chi connectivity index (χ1v) is 7.50. The van der Waals surface area contributed by atoms with Crippen LogP contribution < -0.4 is 0 Å². The van der Waals surface area contributed by atoms with E-state index in [2.05, 4.69) is 31.9 Å². The predicted octanol–water partition coefficient (Wildman–Crippen LogP) is 1.90. The van der Waals surface area contributed by atoms with Crippen LogP contribution in [-0.4, -0.2) is 52.9 Å². The number of hydrogen-bond donors (Lipinski definition) is 0. The normalized spacial score (nSPS) is 17.6. The molecule has 0 spiro atoms. The Kier molecular flexibility index (Phi) is 5.10. The molecule has 20 heavy (non-hydrogen) atoms. The molecule has 1 unspecified atom stereocenters. The van der Waals surface area contributed by atoms with Gasteiger partial charge in [-0.1, -0.05) is 13.0 Å². The minimum absolute atomic E-state index is 0.0451. The topological polar surface area (TPSA) is 60.2 Å². The smallest absolute Gasteiger partial charge is 0.272 e. The second-order valence-electron chi connectivity index (χ2n) is 4.73. The van der Waals surface area contributed by atoms with Gasteiger partial charge in [0.05, 0.1) is 12.1 Å². The highest BCUT2D eigenvalue weighted by Crippen LogP contribution is 2.13. The monoisotopic (exact) mass is 336 g/mol. The van der Waals surface area contributed by atoms with E-state index < -0.39 is 0 Å². The Labute approximate surface area is 127 Å². The molecular weight excluding hydrogens is 320 g/mol. The number of aromatic nitrogens is 1. The second kappa shape index (κ2) is 6.82. The fourth-order valence-electron chi connectivity index (χ4n) is 2.36. The molecule has 6 heteroatoms. The van der Waals surface area contributed by atoms with Crippen molar-refractivity contribution in [2.45, 2.75) is 19.4 Å². The summed E-state index contributed by atoms with van der Waals surface area (Å²) >= 11 is 3.28. The number of carbonyl (C=O) groups is 1. The molecule has 2 rings (SSSR count). The van der Waals surface area contributed by atoms with Crippen molar-refractivity contribution in [1.29, 1.82) is 5.26 Å². The number of amides is 1. The summed E-state index contributed by atoms with van der Waals surface area (Å²) in [7, 11) is 0. The molecule has 0 saturated carbocycles. The average molecular weight is 337 g/mol. The quantitative estimate of drug-likeness (QED) is 0.791. The van der Waals surface area contributed by atoms with Gasteiger partial charge in [-0.3, -0.25) is 9.69 Å². The molecule has 0 N–H and O–H groups in total. The zero-order chi connectivity index (χ0) is 14.5. The van der Waals surface area contributed by atoms with Crippen molar-refractivity contribution in [2.24, 2.45) is 0 Å². The third kappa shape index (κ3) is 3.35. The maximum Gasteiger partial charge on any atom is 0.272 e. The molecule has 0 radical (unpaired) electrons. The summed E-state index contributed by atoms with van der Waals surface area (Å²) in [6.45, 7) is 4.78. The molecular formula is C14H17BrN4O. The van der Waals surface area contributed by atoms with E-state index in [1.807, 2.05) is 13.0 Å². The molecule has 1 aromatic rings. The van der Waals surface area contributed by atoms with Crippen molar-refractivity contribution in [1.82, 2.24) is 14.8 Å². The summed E-state index contributed by atoms with van der Waals surface area (Å²) in [5.41, 5.74) is 0.458. The Morgan fingerprint density at radius 3 is 2.70 bits per heavy atom. The van der Waals surface area contributed by atoms with Gasteiger partial charge in [0, 0.05) is 26.2 Å². The van der Waals surface area contributed by atoms with Crippen LogP contribution in [0.2, 0.25) is 0 Å². The lowest BCUT2D eigenvalue weighted by Crippen LogP contribution is -2.51. The molecule has 0 bridgehead atoms. The van der Waals surface area contributed by atoms with Gasteiger partial charge in [-0.05, 0) is 34.5 Å². The van der Waals surface area contributed by atoms with Crippen molar-refractivity contribution in [3.05, 3.63) is 28.5 Å². The number of rotatable bonds is 3. The molecule has 0 aromatic carbocycles. The molecule has 0 aliphatic carbocycles. The Balaban J connectivity index is 1.97. The number of nitriles is 1. The Morgan fingerprint density at radius 1 is 1.45 bits per heavy atom. The van der Waals surface area contributed by atoms with E-state index >= 15 is 0 Å². The molecule has 1 aromatic heterocycles. The van der Waals surface area contributed by atoms with Gasteiger partial charge in [0.25, 0.3) is 5.91 Å². The second-order valence-corrected chi connectivity index (χ2v) is 5.54. The lowest BCUT2D eigenvalue weighted by Gasteiger charge is -2.36. The lowest BCUT2D eigenvalue weighted by molar-refractivity contribution is 0.0599. The standard InChI is InChI=1S/C14H17BrN4O/c1-2-11(10-16)18-6-8-19(9-7-18)14(20)12-4-3-5-13(15)17-12/h3-5,11H,2,6-9H2,1H3. The fraction of sp³-hybridized carbons (Fsp3) is 0.500. The van der Waals surface area contributed by atoms with Gasteiger partial charge >= 0.3 is 0 Å². The zero-order valence-electron chi connectivity index (χ0n) is 11.4. The molecule has 106 valence electrons. The van der Waals surface area contributed by atoms with E-state index in [9.17, 15) is 4.79 Å². The van der Waals surface area contributed by atoms with Crippen molar-refractivity contribution in [3.63, 3.8) is 0 Å². The van der Waals surface area contributed by atoms with Gasteiger partial charge in [0.15, 0.2) is 0 Å². The van der Waals surface area contributed by atoms with Crippen molar-refractivity contribution < 1.29 is 4.79 Å². The van der Waals surface area contributed by atoms with Gasteiger partial charge in [-0.15, -0.1) is 0 Å². The number of piperazine rings is 1. The minimum Gasteiger partial charge on any atom is -0.335 e. The summed E-state index contributed by atoms with van der Waals surface area (Å²) in [5.74, 6) is -0.0454. The van der Waals surface area contributed by atoms with Crippen LogP contribution in [0.5, 0.6) is 0 Å². The number of pyridine rings is 1. The first-order valence-electron chi connectivity index (χ1n) is 6.71. The first kappa shape index (κ1) is 14.9. The van der Waals surface area contributed by atoms with Crippen molar-refractivity contribution in [3.8, 4) is 6.07 Å². The van der Waals surface area contributed by atoms with Crippen LogP contribution in [0.25, 0.3) is 0 Å². The van der Waals surface area contributed by atoms with Crippen molar-refractivity contribution >= 4 is 21.8 Å². The number of halogens is 1. The highest BCUT2D eigenvalue weighted by atomic mass is 79.9. The largest absolute Gasteiger partial charge is 0.335 e. The third-order valence-corrected chi connectivity index (χ3v) is 3.95. The fourth-order valence-corrected chi connectivity index (χ4v) is 2.70. The van der Waals surface area contributed by atoms with Gasteiger partial charge in [0.2, 0.25) is 0 Å². The number of hydrogen-bond acceptors (Lipinski definition) is 4. The summed E-state index contributed by atoms with van der Waals surface area (Å²) < 4.78 is 0.664. The Hall–Kier alpha value is -1.45. The van der Waals surface area contributed by atoms with E-state index in [-0.39, 0.29) is 11.9 Å². The molecule has 1 saturated heterocycles. The molecule has 5 nitrogen and oxygen atoms in total. The van der Waals surface area contributed by atoms with E-state index in [1.54, 1.807) is 17.0 Å². The summed E-state index contributed by atoms with van der Waals surface area (Å²) in [6.07, 6.45) is 0.817. The highest BCUT2D eigenvalue weighted by molar-refractivity contribution is 9.10. The highest BCUT2D eigenvalue weighted by Gasteiger charge is 2.26. The van der Waals surface area contributed by atoms with Gasteiger partial charge in [-0.25, -0.2) is 4.98 Å². The molecule has 1 aliphatic heterocycles. The van der Waals surface area contributed by atoms with Crippen LogP contribution in [0.15, 0.2) is 22.8 Å². The third-order valence-electron chi connectivity index (χ3n) is 3.51. The van der Waals surface area contributed by atoms with E-state index in [0.29, 0.717) is 23.4 Å². The maximum absolute atomic E-state index is 12.3. The van der Waals surface area contributed by atoms with Crippen LogP contribution in [0.1, 0.15) is 23.8 Å². The SMILES string of the molecule is CCC(C#N)N1CCN(C(=O)c2cccc(Br)n2)CC1. The summed E-state index contributed by atoms with van der Waals surface area (Å²) in [6, 6.07) is 7.60. The van der Waals surface area contributed by atoms with E-state index in [4.69, 9.17) is 5.26 Å². The number of carbonyl (C=O) groups excluding carboxylic acids is 1. The van der Waals surface area contributed by atoms with Crippen LogP contribution in [0.4, 0.5) is 0 Å². The van der Waals surface area contributed by atoms with Gasteiger partial charge in [-0.2, -0.15) is 5.26 Å². The van der Waals surface area contributed by atoms with Crippen molar-refractivity contribution in [2.75, 3.05) is 26.2 Å². The number of nitrogens with zero attached hydrogens (tertiary/aromatic N) is 4. The Morgan fingerprint density at radius 2 is 2.15 bits per heavy atom. The summed E-state index contributed by atoms with van der Waals surface area (Å²) in [5, 5.41) is 9.07. The van der Waals surface area contributed by atoms with Crippen LogP contribution in [-0.2, 0) is 0 Å².